The molecular weight excluding hydrogens is 407 g/mol. The molecular formula is C23H24F3N3O2. The van der Waals surface area contributed by atoms with E-state index in [4.69, 9.17) is 0 Å². The lowest BCUT2D eigenvalue weighted by Crippen LogP contribution is -2.31. The van der Waals surface area contributed by atoms with Crippen molar-refractivity contribution in [2.45, 2.75) is 33.0 Å². The molecule has 0 aliphatic rings. The fraction of sp³-hybridized carbons (Fsp3) is 0.304. The number of para-hydroxylation sites is 1. The van der Waals surface area contributed by atoms with Crippen molar-refractivity contribution in [3.05, 3.63) is 65.9 Å². The van der Waals surface area contributed by atoms with Gasteiger partial charge in [0.15, 0.2) is 0 Å². The van der Waals surface area contributed by atoms with Gasteiger partial charge in [0, 0.05) is 35.9 Å². The van der Waals surface area contributed by atoms with Crippen molar-refractivity contribution in [3.8, 4) is 0 Å². The summed E-state index contributed by atoms with van der Waals surface area (Å²) in [6, 6.07) is 11.9. The van der Waals surface area contributed by atoms with E-state index in [2.05, 4.69) is 5.32 Å². The lowest BCUT2D eigenvalue weighted by molar-refractivity contribution is -0.137. The molecule has 0 aliphatic carbocycles. The average molecular weight is 431 g/mol. The number of nitrogens with zero attached hydrogens (tertiary/aromatic N) is 2. The van der Waals surface area contributed by atoms with E-state index in [1.165, 1.54) is 12.1 Å². The van der Waals surface area contributed by atoms with E-state index >= 15 is 0 Å². The molecule has 0 atom stereocenters. The number of hydrogen-bond donors (Lipinski definition) is 1. The first-order valence-electron chi connectivity index (χ1n) is 10.0. The second-order valence-electron chi connectivity index (χ2n) is 7.17. The Morgan fingerprint density at radius 1 is 1.03 bits per heavy atom. The van der Waals surface area contributed by atoms with E-state index in [-0.39, 0.29) is 24.6 Å². The molecule has 2 amide bonds. The van der Waals surface area contributed by atoms with Crippen LogP contribution < -0.4 is 5.32 Å². The zero-order valence-corrected chi connectivity index (χ0v) is 17.4. The SMILES string of the molecule is CCN(CC)C(=O)Cc1cn(CC(=O)Nc2cccc(C(F)(F)F)c2)c2ccccc12. The monoisotopic (exact) mass is 431 g/mol. The molecule has 0 spiro atoms. The second kappa shape index (κ2) is 9.24. The van der Waals surface area contributed by atoms with Gasteiger partial charge in [-0.25, -0.2) is 0 Å². The number of halogens is 3. The van der Waals surface area contributed by atoms with E-state index < -0.39 is 17.6 Å². The van der Waals surface area contributed by atoms with Crippen LogP contribution in [-0.4, -0.2) is 34.4 Å². The highest BCUT2D eigenvalue weighted by molar-refractivity contribution is 5.94. The maximum Gasteiger partial charge on any atom is 0.416 e. The molecule has 0 saturated carbocycles. The minimum Gasteiger partial charge on any atom is -0.343 e. The molecule has 164 valence electrons. The van der Waals surface area contributed by atoms with Gasteiger partial charge in [-0.05, 0) is 43.7 Å². The first kappa shape index (κ1) is 22.4. The summed E-state index contributed by atoms with van der Waals surface area (Å²) in [7, 11) is 0. The van der Waals surface area contributed by atoms with E-state index in [0.29, 0.717) is 13.1 Å². The number of nitrogens with one attached hydrogen (secondary N) is 1. The third-order valence-electron chi connectivity index (χ3n) is 5.12. The second-order valence-corrected chi connectivity index (χ2v) is 7.17. The van der Waals surface area contributed by atoms with Crippen molar-refractivity contribution in [1.82, 2.24) is 9.47 Å². The summed E-state index contributed by atoms with van der Waals surface area (Å²) in [6.45, 7) is 4.99. The number of anilines is 1. The van der Waals surface area contributed by atoms with Gasteiger partial charge in [-0.1, -0.05) is 24.3 Å². The standard InChI is InChI=1S/C23H24F3N3O2/c1-3-28(4-2)22(31)12-16-14-29(20-11-6-5-10-19(16)20)15-21(30)27-18-9-7-8-17(13-18)23(24,25)26/h5-11,13-14H,3-4,12,15H2,1-2H3,(H,27,30). The fourth-order valence-corrected chi connectivity index (χ4v) is 3.57. The molecule has 1 heterocycles. The van der Waals surface area contributed by atoms with Crippen LogP contribution in [0.5, 0.6) is 0 Å². The maximum atomic E-state index is 12.9. The summed E-state index contributed by atoms with van der Waals surface area (Å²) < 4.78 is 40.4. The summed E-state index contributed by atoms with van der Waals surface area (Å²) in [5.74, 6) is -0.456. The number of aromatic nitrogens is 1. The van der Waals surface area contributed by atoms with Crippen molar-refractivity contribution >= 4 is 28.4 Å². The third-order valence-corrected chi connectivity index (χ3v) is 5.12. The Labute approximate surface area is 178 Å². The molecule has 0 aliphatic heterocycles. The molecule has 5 nitrogen and oxygen atoms in total. The van der Waals surface area contributed by atoms with E-state index in [0.717, 1.165) is 28.6 Å². The Morgan fingerprint density at radius 2 is 1.74 bits per heavy atom. The normalized spacial score (nSPS) is 11.5. The Balaban J connectivity index is 1.80. The topological polar surface area (TPSA) is 54.3 Å². The minimum atomic E-state index is -4.48. The van der Waals surface area contributed by atoms with Crippen LogP contribution in [0.15, 0.2) is 54.7 Å². The molecule has 0 unspecified atom stereocenters. The zero-order valence-electron chi connectivity index (χ0n) is 17.4. The van der Waals surface area contributed by atoms with Crippen LogP contribution in [0.2, 0.25) is 0 Å². The first-order chi connectivity index (χ1) is 14.7. The van der Waals surface area contributed by atoms with Gasteiger partial charge in [-0.15, -0.1) is 0 Å². The van der Waals surface area contributed by atoms with Crippen LogP contribution in [0.3, 0.4) is 0 Å². The Bertz CT molecular complexity index is 1090. The molecule has 2 aromatic carbocycles. The summed E-state index contributed by atoms with van der Waals surface area (Å²) in [5, 5.41) is 3.39. The van der Waals surface area contributed by atoms with Crippen molar-refractivity contribution in [2.75, 3.05) is 18.4 Å². The van der Waals surface area contributed by atoms with Crippen LogP contribution in [-0.2, 0) is 28.7 Å². The van der Waals surface area contributed by atoms with Gasteiger partial charge < -0.3 is 14.8 Å². The molecule has 0 radical (unpaired) electrons. The van der Waals surface area contributed by atoms with Crippen LogP contribution in [0, 0.1) is 0 Å². The summed E-state index contributed by atoms with van der Waals surface area (Å²) in [6.07, 6.45) is -2.51. The number of carbonyl (C=O) groups is 2. The largest absolute Gasteiger partial charge is 0.416 e. The van der Waals surface area contributed by atoms with Crippen molar-refractivity contribution in [1.29, 1.82) is 0 Å². The highest BCUT2D eigenvalue weighted by Crippen LogP contribution is 2.30. The van der Waals surface area contributed by atoms with Gasteiger partial charge in [-0.2, -0.15) is 13.2 Å². The molecule has 3 rings (SSSR count). The molecule has 3 aromatic rings. The van der Waals surface area contributed by atoms with Crippen LogP contribution in [0.25, 0.3) is 10.9 Å². The number of likely N-dealkylation sites (N-methyl/N-ethyl adjacent to an activating group) is 1. The molecule has 1 N–H and O–H groups in total. The zero-order chi connectivity index (χ0) is 22.6. The van der Waals surface area contributed by atoms with E-state index in [9.17, 15) is 22.8 Å². The van der Waals surface area contributed by atoms with Gasteiger partial charge in [0.05, 0.1) is 12.0 Å². The van der Waals surface area contributed by atoms with Crippen LogP contribution in [0.4, 0.5) is 18.9 Å². The molecule has 1 aromatic heterocycles. The summed E-state index contributed by atoms with van der Waals surface area (Å²) >= 11 is 0. The Hall–Kier alpha value is -3.29. The molecule has 0 saturated heterocycles. The lowest BCUT2D eigenvalue weighted by Gasteiger charge is -2.18. The maximum absolute atomic E-state index is 12.9. The number of rotatable bonds is 7. The molecule has 0 bridgehead atoms. The highest BCUT2D eigenvalue weighted by Gasteiger charge is 2.30. The summed E-state index contributed by atoms with van der Waals surface area (Å²) in [5.41, 5.74) is 0.838. The number of benzene rings is 2. The smallest absolute Gasteiger partial charge is 0.343 e. The van der Waals surface area contributed by atoms with Crippen molar-refractivity contribution < 1.29 is 22.8 Å². The number of carbonyl (C=O) groups excluding carboxylic acids is 2. The fourth-order valence-electron chi connectivity index (χ4n) is 3.57. The lowest BCUT2D eigenvalue weighted by atomic mass is 10.1. The van der Waals surface area contributed by atoms with Gasteiger partial charge in [0.2, 0.25) is 11.8 Å². The van der Waals surface area contributed by atoms with Gasteiger partial charge in [-0.3, -0.25) is 9.59 Å². The van der Waals surface area contributed by atoms with Crippen LogP contribution >= 0.6 is 0 Å². The minimum absolute atomic E-state index is 0.00122. The average Bonchev–Trinajstić information content (AvgIpc) is 3.05. The van der Waals surface area contributed by atoms with E-state index in [1.54, 1.807) is 15.7 Å². The van der Waals surface area contributed by atoms with Crippen LogP contribution in [0.1, 0.15) is 25.0 Å². The molecule has 8 heteroatoms. The molecule has 31 heavy (non-hydrogen) atoms. The number of amides is 2. The Morgan fingerprint density at radius 3 is 2.42 bits per heavy atom. The number of hydrogen-bond acceptors (Lipinski definition) is 2. The quantitative estimate of drug-likeness (QED) is 0.589. The van der Waals surface area contributed by atoms with Gasteiger partial charge >= 0.3 is 6.18 Å². The number of alkyl halides is 3. The number of fused-ring (bicyclic) bond motifs is 1. The van der Waals surface area contributed by atoms with Gasteiger partial charge in [0.1, 0.15) is 6.54 Å². The third kappa shape index (κ3) is 5.25. The van der Waals surface area contributed by atoms with Crippen molar-refractivity contribution in [2.24, 2.45) is 0 Å². The molecule has 0 fully saturated rings. The highest BCUT2D eigenvalue weighted by atomic mass is 19.4. The first-order valence-corrected chi connectivity index (χ1v) is 10.0. The van der Waals surface area contributed by atoms with E-state index in [1.807, 2.05) is 38.1 Å². The Kier molecular flexibility index (Phi) is 6.68. The predicted octanol–water partition coefficient (Wildman–Crippen LogP) is 4.71. The predicted molar refractivity (Wildman–Crippen MR) is 114 cm³/mol. The van der Waals surface area contributed by atoms with Gasteiger partial charge in [0.25, 0.3) is 0 Å². The van der Waals surface area contributed by atoms with Crippen molar-refractivity contribution in [3.63, 3.8) is 0 Å². The summed E-state index contributed by atoms with van der Waals surface area (Å²) in [4.78, 5) is 26.8.